The Morgan fingerprint density at radius 1 is 1.36 bits per heavy atom. The first-order chi connectivity index (χ1) is 10.1. The molecule has 2 N–H and O–H groups in total. The van der Waals surface area contributed by atoms with Crippen LogP contribution in [-0.4, -0.2) is 44.5 Å². The molecule has 3 unspecified atom stereocenters. The number of halogens is 1. The largest absolute Gasteiger partial charge is 0.338 e. The predicted octanol–water partition coefficient (Wildman–Crippen LogP) is 1.27. The molecule has 1 saturated heterocycles. The Kier molecular flexibility index (Phi) is 3.82. The number of amides is 1. The van der Waals surface area contributed by atoms with Crippen molar-refractivity contribution in [2.45, 2.75) is 25.8 Å². The van der Waals surface area contributed by atoms with Crippen LogP contribution in [0.15, 0.2) is 18.5 Å². The molecule has 22 heavy (non-hydrogen) atoms. The van der Waals surface area contributed by atoms with E-state index < -0.39 is 0 Å². The topological polar surface area (TPSA) is 76.5 Å². The van der Waals surface area contributed by atoms with Gasteiger partial charge in [-0.15, -0.1) is 12.4 Å². The van der Waals surface area contributed by atoms with Gasteiger partial charge in [0.15, 0.2) is 5.65 Å². The minimum absolute atomic E-state index is 0. The summed E-state index contributed by atoms with van der Waals surface area (Å²) in [5, 5.41) is 4.22. The number of rotatable bonds is 1. The molecular weight excluding hydrogens is 302 g/mol. The molecule has 1 amide bonds. The summed E-state index contributed by atoms with van der Waals surface area (Å²) in [6.45, 7) is 3.51. The lowest BCUT2D eigenvalue weighted by Crippen LogP contribution is -2.33. The van der Waals surface area contributed by atoms with E-state index in [1.807, 2.05) is 24.1 Å². The summed E-state index contributed by atoms with van der Waals surface area (Å²) in [6, 6.07) is 2.13. The fourth-order valence-electron chi connectivity index (χ4n) is 3.75. The molecule has 2 aliphatic rings. The zero-order valence-electron chi connectivity index (χ0n) is 12.5. The summed E-state index contributed by atoms with van der Waals surface area (Å²) in [6.07, 6.45) is 5.69. The number of fused-ring (bicyclic) bond motifs is 2. The first-order valence-corrected chi connectivity index (χ1v) is 7.49. The van der Waals surface area contributed by atoms with E-state index in [4.69, 9.17) is 5.73 Å². The zero-order valence-corrected chi connectivity index (χ0v) is 13.3. The van der Waals surface area contributed by atoms with Gasteiger partial charge in [0.25, 0.3) is 5.91 Å². The Labute approximate surface area is 135 Å². The molecule has 0 spiro atoms. The predicted molar refractivity (Wildman–Crippen MR) is 85.1 cm³/mol. The van der Waals surface area contributed by atoms with Gasteiger partial charge in [-0.25, -0.2) is 9.50 Å². The van der Waals surface area contributed by atoms with E-state index in [0.29, 0.717) is 23.0 Å². The smallest absolute Gasteiger partial charge is 0.259 e. The highest BCUT2D eigenvalue weighted by Crippen LogP contribution is 2.37. The molecule has 2 aromatic heterocycles. The van der Waals surface area contributed by atoms with E-state index in [1.165, 1.54) is 0 Å². The number of aromatic nitrogens is 3. The standard InChI is InChI=1S/C15H19N5O.ClH/c1-9-4-5-20-14(18-9)11(6-17-20)15(21)19-7-10-2-3-13(16)12(10)8-19;/h4-6,10,12-13H,2-3,7-8,16H2,1H3;1H. The van der Waals surface area contributed by atoms with E-state index in [0.717, 1.165) is 31.6 Å². The number of nitrogens with zero attached hydrogens (tertiary/aromatic N) is 4. The van der Waals surface area contributed by atoms with Gasteiger partial charge >= 0.3 is 0 Å². The molecule has 0 radical (unpaired) electrons. The summed E-state index contributed by atoms with van der Waals surface area (Å²) < 4.78 is 1.66. The second-order valence-electron chi connectivity index (χ2n) is 6.27. The fraction of sp³-hybridized carbons (Fsp3) is 0.533. The number of nitrogens with two attached hydrogens (primary N) is 1. The third kappa shape index (κ3) is 2.27. The summed E-state index contributed by atoms with van der Waals surface area (Å²) in [5.74, 6) is 1.07. The van der Waals surface area contributed by atoms with E-state index in [2.05, 4.69) is 10.1 Å². The molecular formula is C15H20ClN5O. The Morgan fingerprint density at radius 3 is 2.95 bits per heavy atom. The molecule has 1 aliphatic heterocycles. The van der Waals surface area contributed by atoms with E-state index in [1.54, 1.807) is 10.7 Å². The van der Waals surface area contributed by atoms with Crippen molar-refractivity contribution in [3.63, 3.8) is 0 Å². The lowest BCUT2D eigenvalue weighted by atomic mass is 9.98. The van der Waals surface area contributed by atoms with Crippen LogP contribution in [0.25, 0.3) is 5.65 Å². The summed E-state index contributed by atoms with van der Waals surface area (Å²) in [7, 11) is 0. The molecule has 3 atom stereocenters. The highest BCUT2D eigenvalue weighted by molar-refractivity contribution is 5.99. The van der Waals surface area contributed by atoms with Crippen molar-refractivity contribution < 1.29 is 4.79 Å². The van der Waals surface area contributed by atoms with E-state index in [-0.39, 0.29) is 24.4 Å². The summed E-state index contributed by atoms with van der Waals surface area (Å²) in [4.78, 5) is 19.1. The molecule has 2 aromatic rings. The van der Waals surface area contributed by atoms with Crippen LogP contribution in [0.3, 0.4) is 0 Å². The normalized spacial score (nSPS) is 27.0. The molecule has 1 saturated carbocycles. The summed E-state index contributed by atoms with van der Waals surface area (Å²) >= 11 is 0. The highest BCUT2D eigenvalue weighted by atomic mass is 35.5. The van der Waals surface area contributed by atoms with E-state index in [9.17, 15) is 4.79 Å². The molecule has 6 nitrogen and oxygen atoms in total. The van der Waals surface area contributed by atoms with Gasteiger partial charge in [-0.2, -0.15) is 5.10 Å². The van der Waals surface area contributed by atoms with Gasteiger partial charge in [0.2, 0.25) is 0 Å². The molecule has 1 aliphatic carbocycles. The van der Waals surface area contributed by atoms with Crippen LogP contribution >= 0.6 is 12.4 Å². The number of aryl methyl sites for hydroxylation is 1. The van der Waals surface area contributed by atoms with Crippen molar-refractivity contribution >= 4 is 24.0 Å². The quantitative estimate of drug-likeness (QED) is 0.858. The monoisotopic (exact) mass is 321 g/mol. The van der Waals surface area contributed by atoms with Crippen molar-refractivity contribution in [1.29, 1.82) is 0 Å². The second kappa shape index (κ2) is 5.52. The molecule has 7 heteroatoms. The highest BCUT2D eigenvalue weighted by Gasteiger charge is 2.43. The maximum atomic E-state index is 12.8. The minimum Gasteiger partial charge on any atom is -0.338 e. The SMILES string of the molecule is Cc1ccn2ncc(C(=O)N3CC4CCC(N)C4C3)c2n1.Cl. The minimum atomic E-state index is 0. The van der Waals surface area contributed by atoms with Crippen LogP contribution in [0, 0.1) is 18.8 Å². The first-order valence-electron chi connectivity index (χ1n) is 7.49. The van der Waals surface area contributed by atoms with Crippen LogP contribution < -0.4 is 5.73 Å². The molecule has 0 aromatic carbocycles. The number of carbonyl (C=O) groups excluding carboxylic acids is 1. The maximum Gasteiger partial charge on any atom is 0.259 e. The number of carbonyl (C=O) groups is 1. The van der Waals surface area contributed by atoms with Crippen molar-refractivity contribution in [3.8, 4) is 0 Å². The number of hydrogen-bond acceptors (Lipinski definition) is 4. The Morgan fingerprint density at radius 2 is 2.18 bits per heavy atom. The maximum absolute atomic E-state index is 12.8. The van der Waals surface area contributed by atoms with Gasteiger partial charge in [-0.05, 0) is 37.7 Å². The van der Waals surface area contributed by atoms with Gasteiger partial charge in [0.05, 0.1) is 6.20 Å². The summed E-state index contributed by atoms with van der Waals surface area (Å²) in [5.41, 5.74) is 8.26. The van der Waals surface area contributed by atoms with Crippen LogP contribution in [0.1, 0.15) is 28.9 Å². The van der Waals surface area contributed by atoms with Crippen LogP contribution in [0.5, 0.6) is 0 Å². The second-order valence-corrected chi connectivity index (χ2v) is 6.27. The lowest BCUT2D eigenvalue weighted by Gasteiger charge is -2.18. The van der Waals surface area contributed by atoms with Crippen LogP contribution in [-0.2, 0) is 0 Å². The molecule has 118 valence electrons. The third-order valence-electron chi connectivity index (χ3n) is 4.94. The zero-order chi connectivity index (χ0) is 14.6. The molecule has 0 bridgehead atoms. The molecule has 2 fully saturated rings. The van der Waals surface area contributed by atoms with Gasteiger partial charge in [-0.3, -0.25) is 4.79 Å². The van der Waals surface area contributed by atoms with Crippen LogP contribution in [0.4, 0.5) is 0 Å². The van der Waals surface area contributed by atoms with Crippen LogP contribution in [0.2, 0.25) is 0 Å². The van der Waals surface area contributed by atoms with Gasteiger partial charge in [-0.1, -0.05) is 0 Å². The average Bonchev–Trinajstić information content (AvgIpc) is 3.14. The number of likely N-dealkylation sites (tertiary alicyclic amines) is 1. The lowest BCUT2D eigenvalue weighted by molar-refractivity contribution is 0.0781. The van der Waals surface area contributed by atoms with Crippen molar-refractivity contribution in [1.82, 2.24) is 19.5 Å². The third-order valence-corrected chi connectivity index (χ3v) is 4.94. The van der Waals surface area contributed by atoms with Crippen molar-refractivity contribution in [2.75, 3.05) is 13.1 Å². The fourth-order valence-corrected chi connectivity index (χ4v) is 3.75. The van der Waals surface area contributed by atoms with Gasteiger partial charge in [0.1, 0.15) is 5.56 Å². The average molecular weight is 322 g/mol. The number of hydrogen-bond donors (Lipinski definition) is 1. The first kappa shape index (κ1) is 15.2. The Bertz CT molecular complexity index is 715. The Hall–Kier alpha value is -1.66. The van der Waals surface area contributed by atoms with Gasteiger partial charge in [0, 0.05) is 31.0 Å². The molecule has 4 rings (SSSR count). The van der Waals surface area contributed by atoms with Gasteiger partial charge < -0.3 is 10.6 Å². The molecule has 3 heterocycles. The Balaban J connectivity index is 0.00000144. The van der Waals surface area contributed by atoms with Crippen molar-refractivity contribution in [3.05, 3.63) is 29.7 Å². The van der Waals surface area contributed by atoms with E-state index >= 15 is 0 Å². The van der Waals surface area contributed by atoms with Crippen molar-refractivity contribution in [2.24, 2.45) is 17.6 Å².